The first-order valence-electron chi connectivity index (χ1n) is 7.49. The van der Waals surface area contributed by atoms with Gasteiger partial charge in [0, 0.05) is 19.7 Å². The van der Waals surface area contributed by atoms with Crippen LogP contribution in [-0.2, 0) is 9.47 Å². The standard InChI is InChI=1S/C15H31NO2/c1-13(2)6-5-7-16-8-9-18-15(10-16)12-17-11-14(3)4/h13-15H,5-12H2,1-4H3/t15-/m1/s1. The summed E-state index contributed by atoms with van der Waals surface area (Å²) in [4.78, 5) is 2.52. The zero-order valence-corrected chi connectivity index (χ0v) is 12.7. The van der Waals surface area contributed by atoms with E-state index in [9.17, 15) is 0 Å². The summed E-state index contributed by atoms with van der Waals surface area (Å²) in [5, 5.41) is 0. The Labute approximate surface area is 113 Å². The van der Waals surface area contributed by atoms with Crippen molar-refractivity contribution < 1.29 is 9.47 Å². The van der Waals surface area contributed by atoms with Gasteiger partial charge in [0.2, 0.25) is 0 Å². The van der Waals surface area contributed by atoms with Crippen molar-refractivity contribution in [2.75, 3.05) is 39.5 Å². The predicted molar refractivity (Wildman–Crippen MR) is 75.9 cm³/mol. The zero-order chi connectivity index (χ0) is 13.4. The van der Waals surface area contributed by atoms with Crippen molar-refractivity contribution in [1.29, 1.82) is 0 Å². The van der Waals surface area contributed by atoms with E-state index in [0.717, 1.165) is 38.8 Å². The van der Waals surface area contributed by atoms with Crippen molar-refractivity contribution in [1.82, 2.24) is 4.90 Å². The van der Waals surface area contributed by atoms with Crippen LogP contribution in [0.3, 0.4) is 0 Å². The highest BCUT2D eigenvalue weighted by Gasteiger charge is 2.20. The number of morpholine rings is 1. The minimum atomic E-state index is 0.275. The maximum atomic E-state index is 5.75. The van der Waals surface area contributed by atoms with Gasteiger partial charge in [-0.2, -0.15) is 0 Å². The molecule has 0 radical (unpaired) electrons. The van der Waals surface area contributed by atoms with E-state index in [2.05, 4.69) is 32.6 Å². The molecule has 1 rings (SSSR count). The van der Waals surface area contributed by atoms with Crippen LogP contribution in [0.1, 0.15) is 40.5 Å². The third kappa shape index (κ3) is 7.34. The fraction of sp³-hybridized carbons (Fsp3) is 1.00. The SMILES string of the molecule is CC(C)CCCN1CCO[C@@H](COCC(C)C)C1. The molecule has 0 aromatic carbocycles. The van der Waals surface area contributed by atoms with Crippen LogP contribution >= 0.6 is 0 Å². The van der Waals surface area contributed by atoms with E-state index < -0.39 is 0 Å². The first-order valence-corrected chi connectivity index (χ1v) is 7.49. The Bertz CT molecular complexity index is 187. The summed E-state index contributed by atoms with van der Waals surface area (Å²) in [7, 11) is 0. The van der Waals surface area contributed by atoms with E-state index in [4.69, 9.17) is 9.47 Å². The largest absolute Gasteiger partial charge is 0.378 e. The molecule has 1 aliphatic rings. The highest BCUT2D eigenvalue weighted by Crippen LogP contribution is 2.10. The summed E-state index contributed by atoms with van der Waals surface area (Å²) in [6.45, 7) is 14.7. The van der Waals surface area contributed by atoms with Crippen molar-refractivity contribution in [3.63, 3.8) is 0 Å². The van der Waals surface area contributed by atoms with Gasteiger partial charge in [0.25, 0.3) is 0 Å². The average molecular weight is 257 g/mol. The molecule has 1 atom stereocenters. The fourth-order valence-corrected chi connectivity index (χ4v) is 2.24. The van der Waals surface area contributed by atoms with Gasteiger partial charge in [-0.05, 0) is 31.2 Å². The molecule has 0 spiro atoms. The van der Waals surface area contributed by atoms with E-state index in [-0.39, 0.29) is 6.10 Å². The number of nitrogens with zero attached hydrogens (tertiary/aromatic N) is 1. The minimum absolute atomic E-state index is 0.275. The lowest BCUT2D eigenvalue weighted by Gasteiger charge is -2.33. The van der Waals surface area contributed by atoms with Crippen LogP contribution in [0.25, 0.3) is 0 Å². The lowest BCUT2D eigenvalue weighted by atomic mass is 10.1. The summed E-state index contributed by atoms with van der Waals surface area (Å²) >= 11 is 0. The molecule has 1 aliphatic heterocycles. The number of hydrogen-bond acceptors (Lipinski definition) is 3. The van der Waals surface area contributed by atoms with Crippen LogP contribution in [0.2, 0.25) is 0 Å². The topological polar surface area (TPSA) is 21.7 Å². The molecule has 3 heteroatoms. The maximum Gasteiger partial charge on any atom is 0.0935 e. The zero-order valence-electron chi connectivity index (χ0n) is 12.7. The van der Waals surface area contributed by atoms with E-state index in [1.165, 1.54) is 19.4 Å². The van der Waals surface area contributed by atoms with Crippen LogP contribution in [-0.4, -0.2) is 50.5 Å². The van der Waals surface area contributed by atoms with Gasteiger partial charge in [0.1, 0.15) is 0 Å². The summed E-state index contributed by atoms with van der Waals surface area (Å²) in [6.07, 6.45) is 2.90. The molecule has 18 heavy (non-hydrogen) atoms. The van der Waals surface area contributed by atoms with Gasteiger partial charge in [0.05, 0.1) is 19.3 Å². The Balaban J connectivity index is 2.11. The van der Waals surface area contributed by atoms with Gasteiger partial charge in [-0.25, -0.2) is 0 Å². The second kappa shape index (κ2) is 8.89. The van der Waals surface area contributed by atoms with Crippen LogP contribution in [0.5, 0.6) is 0 Å². The van der Waals surface area contributed by atoms with Gasteiger partial charge >= 0.3 is 0 Å². The van der Waals surface area contributed by atoms with Gasteiger partial charge < -0.3 is 9.47 Å². The van der Waals surface area contributed by atoms with Crippen molar-refractivity contribution in [3.8, 4) is 0 Å². The van der Waals surface area contributed by atoms with Crippen molar-refractivity contribution >= 4 is 0 Å². The molecule has 1 heterocycles. The maximum absolute atomic E-state index is 5.75. The first kappa shape index (κ1) is 15.9. The van der Waals surface area contributed by atoms with E-state index >= 15 is 0 Å². The first-order chi connectivity index (χ1) is 8.58. The van der Waals surface area contributed by atoms with Gasteiger partial charge in [-0.3, -0.25) is 4.90 Å². The Morgan fingerprint density at radius 1 is 1.22 bits per heavy atom. The predicted octanol–water partition coefficient (Wildman–Crippen LogP) is 2.80. The normalized spacial score (nSPS) is 22.0. The molecule has 108 valence electrons. The third-order valence-electron chi connectivity index (χ3n) is 3.23. The summed E-state index contributed by atoms with van der Waals surface area (Å²) in [5.74, 6) is 1.42. The van der Waals surface area contributed by atoms with E-state index in [0.29, 0.717) is 5.92 Å². The van der Waals surface area contributed by atoms with Crippen molar-refractivity contribution in [2.24, 2.45) is 11.8 Å². The van der Waals surface area contributed by atoms with Gasteiger partial charge in [-0.15, -0.1) is 0 Å². The smallest absolute Gasteiger partial charge is 0.0935 e. The fourth-order valence-electron chi connectivity index (χ4n) is 2.24. The van der Waals surface area contributed by atoms with Crippen molar-refractivity contribution in [3.05, 3.63) is 0 Å². The minimum Gasteiger partial charge on any atom is -0.378 e. The molecule has 0 aromatic heterocycles. The molecule has 0 aliphatic carbocycles. The molecule has 3 nitrogen and oxygen atoms in total. The number of rotatable bonds is 8. The molecule has 1 fully saturated rings. The molecule has 0 aromatic rings. The monoisotopic (exact) mass is 257 g/mol. The van der Waals surface area contributed by atoms with E-state index in [1.54, 1.807) is 0 Å². The second-order valence-electron chi connectivity index (χ2n) is 6.26. The number of ether oxygens (including phenoxy) is 2. The van der Waals surface area contributed by atoms with Crippen LogP contribution in [0.15, 0.2) is 0 Å². The van der Waals surface area contributed by atoms with Crippen LogP contribution in [0, 0.1) is 11.8 Å². The van der Waals surface area contributed by atoms with Crippen molar-refractivity contribution in [2.45, 2.75) is 46.6 Å². The van der Waals surface area contributed by atoms with Crippen LogP contribution in [0.4, 0.5) is 0 Å². The Morgan fingerprint density at radius 3 is 2.67 bits per heavy atom. The summed E-state index contributed by atoms with van der Waals surface area (Å²) in [5.41, 5.74) is 0. The summed E-state index contributed by atoms with van der Waals surface area (Å²) in [6, 6.07) is 0. The lowest BCUT2D eigenvalue weighted by molar-refractivity contribution is -0.0723. The molecular formula is C15H31NO2. The Morgan fingerprint density at radius 2 is 2.00 bits per heavy atom. The molecule has 0 N–H and O–H groups in total. The lowest BCUT2D eigenvalue weighted by Crippen LogP contribution is -2.44. The molecular weight excluding hydrogens is 226 g/mol. The highest BCUT2D eigenvalue weighted by molar-refractivity contribution is 4.71. The average Bonchev–Trinajstić information content (AvgIpc) is 2.28. The highest BCUT2D eigenvalue weighted by atomic mass is 16.5. The van der Waals surface area contributed by atoms with Gasteiger partial charge in [0.15, 0.2) is 0 Å². The Hall–Kier alpha value is -0.120. The second-order valence-corrected chi connectivity index (χ2v) is 6.26. The summed E-state index contributed by atoms with van der Waals surface area (Å²) < 4.78 is 11.4. The molecule has 0 unspecified atom stereocenters. The quantitative estimate of drug-likeness (QED) is 0.667. The van der Waals surface area contributed by atoms with E-state index in [1.807, 2.05) is 0 Å². The van der Waals surface area contributed by atoms with Crippen LogP contribution < -0.4 is 0 Å². The number of hydrogen-bond donors (Lipinski definition) is 0. The third-order valence-corrected chi connectivity index (χ3v) is 3.23. The molecule has 0 saturated carbocycles. The molecule has 0 bridgehead atoms. The Kier molecular flexibility index (Phi) is 7.87. The molecule has 0 amide bonds. The molecule has 1 saturated heterocycles. The van der Waals surface area contributed by atoms with Gasteiger partial charge in [-0.1, -0.05) is 27.7 Å².